The van der Waals surface area contributed by atoms with Crippen LogP contribution in [0.3, 0.4) is 0 Å². The third-order valence-corrected chi connectivity index (χ3v) is 4.43. The number of hydrogen-bond acceptors (Lipinski definition) is 5. The molecule has 0 radical (unpaired) electrons. The van der Waals surface area contributed by atoms with Gasteiger partial charge in [0.25, 0.3) is 0 Å². The van der Waals surface area contributed by atoms with Crippen LogP contribution in [0.2, 0.25) is 5.15 Å². The number of anilines is 1. The maximum Gasteiger partial charge on any atom is 0.156 e. The highest BCUT2D eigenvalue weighted by atomic mass is 35.5. The van der Waals surface area contributed by atoms with Gasteiger partial charge in [0.05, 0.1) is 5.56 Å². The first-order valence-corrected chi connectivity index (χ1v) is 7.13. The van der Waals surface area contributed by atoms with Crippen molar-refractivity contribution in [1.82, 2.24) is 14.9 Å². The van der Waals surface area contributed by atoms with Crippen molar-refractivity contribution >= 4 is 23.7 Å². The van der Waals surface area contributed by atoms with E-state index < -0.39 is 0 Å². The Morgan fingerprint density at radius 3 is 3.05 bits per heavy atom. The summed E-state index contributed by atoms with van der Waals surface area (Å²) in [6, 6.07) is 0.909. The average Bonchev–Trinajstić information content (AvgIpc) is 2.83. The van der Waals surface area contributed by atoms with Gasteiger partial charge < -0.3 is 5.32 Å². The predicted octanol–water partition coefficient (Wildman–Crippen LogP) is 1.98. The van der Waals surface area contributed by atoms with Gasteiger partial charge in [0, 0.05) is 18.6 Å². The Hall–Kier alpha value is -1.20. The van der Waals surface area contributed by atoms with Crippen LogP contribution in [0.1, 0.15) is 36.0 Å². The molecule has 1 N–H and O–H groups in total. The lowest BCUT2D eigenvalue weighted by molar-refractivity contribution is 0.112. The molecular formula is C13H17ClN4O. The maximum absolute atomic E-state index is 11.1. The fourth-order valence-electron chi connectivity index (χ4n) is 3.18. The number of nitrogens with one attached hydrogen (secondary N) is 1. The Morgan fingerprint density at radius 1 is 1.32 bits per heavy atom. The van der Waals surface area contributed by atoms with Crippen LogP contribution in [-0.2, 0) is 0 Å². The summed E-state index contributed by atoms with van der Waals surface area (Å²) in [5, 5.41) is 3.61. The summed E-state index contributed by atoms with van der Waals surface area (Å²) in [6.07, 6.45) is 6.99. The van der Waals surface area contributed by atoms with Gasteiger partial charge >= 0.3 is 0 Å². The number of fused-ring (bicyclic) bond motifs is 1. The lowest BCUT2D eigenvalue weighted by Crippen LogP contribution is -2.42. The molecule has 2 fully saturated rings. The Bertz CT molecular complexity index is 482. The number of piperidine rings is 1. The van der Waals surface area contributed by atoms with Crippen LogP contribution >= 0.6 is 11.6 Å². The Labute approximate surface area is 117 Å². The van der Waals surface area contributed by atoms with Crippen molar-refractivity contribution in [3.63, 3.8) is 0 Å². The molecule has 0 aromatic carbocycles. The molecule has 2 aliphatic rings. The number of hydrogen-bond donors (Lipinski definition) is 1. The van der Waals surface area contributed by atoms with Crippen molar-refractivity contribution in [2.45, 2.75) is 37.8 Å². The van der Waals surface area contributed by atoms with Gasteiger partial charge in [-0.15, -0.1) is 0 Å². The molecule has 5 nitrogen and oxygen atoms in total. The van der Waals surface area contributed by atoms with E-state index in [1.54, 1.807) is 0 Å². The Balaban J connectivity index is 1.78. The molecule has 0 aliphatic carbocycles. The van der Waals surface area contributed by atoms with E-state index >= 15 is 0 Å². The summed E-state index contributed by atoms with van der Waals surface area (Å²) in [6.45, 7) is 2.31. The van der Waals surface area contributed by atoms with Gasteiger partial charge in [0.1, 0.15) is 17.3 Å². The zero-order valence-corrected chi connectivity index (χ0v) is 11.4. The number of aldehydes is 1. The molecule has 2 saturated heterocycles. The van der Waals surface area contributed by atoms with E-state index in [0.29, 0.717) is 23.5 Å². The summed E-state index contributed by atoms with van der Waals surface area (Å²) in [5.41, 5.74) is 0.360. The van der Waals surface area contributed by atoms with Crippen molar-refractivity contribution in [3.05, 3.63) is 17.0 Å². The number of rotatable bonds is 3. The van der Waals surface area contributed by atoms with Crippen LogP contribution < -0.4 is 5.32 Å². The van der Waals surface area contributed by atoms with E-state index in [1.807, 2.05) is 0 Å². The summed E-state index contributed by atoms with van der Waals surface area (Å²) in [5.74, 6) is 0.562. The zero-order valence-electron chi connectivity index (χ0n) is 10.7. The Morgan fingerprint density at radius 2 is 2.21 bits per heavy atom. The molecule has 0 amide bonds. The number of halogens is 1. The van der Waals surface area contributed by atoms with Gasteiger partial charge in [-0.1, -0.05) is 18.0 Å². The SMILES string of the molecule is O=Cc1c(Cl)ncnc1NC1CCN2CCCCC12. The third kappa shape index (κ3) is 2.44. The molecule has 0 spiro atoms. The highest BCUT2D eigenvalue weighted by Crippen LogP contribution is 2.30. The number of aromatic nitrogens is 2. The predicted molar refractivity (Wildman–Crippen MR) is 73.7 cm³/mol. The highest BCUT2D eigenvalue weighted by Gasteiger charge is 2.35. The second kappa shape index (κ2) is 5.43. The van der Waals surface area contributed by atoms with Crippen LogP contribution in [0.5, 0.6) is 0 Å². The minimum Gasteiger partial charge on any atom is -0.365 e. The fourth-order valence-corrected chi connectivity index (χ4v) is 3.36. The third-order valence-electron chi connectivity index (χ3n) is 4.13. The van der Waals surface area contributed by atoms with Crippen molar-refractivity contribution in [2.75, 3.05) is 18.4 Å². The largest absolute Gasteiger partial charge is 0.365 e. The lowest BCUT2D eigenvalue weighted by atomic mass is 9.99. The monoisotopic (exact) mass is 280 g/mol. The normalized spacial score (nSPS) is 27.0. The molecule has 3 rings (SSSR count). The molecule has 1 aromatic heterocycles. The standard InChI is InChI=1S/C13H17ClN4O/c14-12-9(7-19)13(16-8-15-12)17-10-4-6-18-5-2-1-3-11(10)18/h7-8,10-11H,1-6H2,(H,15,16,17). The van der Waals surface area contributed by atoms with Gasteiger partial charge in [-0.2, -0.15) is 0 Å². The lowest BCUT2D eigenvalue weighted by Gasteiger charge is -2.32. The van der Waals surface area contributed by atoms with E-state index in [-0.39, 0.29) is 5.15 Å². The number of carbonyl (C=O) groups is 1. The molecular weight excluding hydrogens is 264 g/mol. The molecule has 3 heterocycles. The van der Waals surface area contributed by atoms with Gasteiger partial charge in [-0.3, -0.25) is 9.69 Å². The van der Waals surface area contributed by atoms with Gasteiger partial charge in [-0.05, 0) is 25.8 Å². The fraction of sp³-hybridized carbons (Fsp3) is 0.615. The molecule has 2 atom stereocenters. The van der Waals surface area contributed by atoms with E-state index in [9.17, 15) is 4.79 Å². The van der Waals surface area contributed by atoms with Gasteiger partial charge in [0.2, 0.25) is 0 Å². The maximum atomic E-state index is 11.1. The van der Waals surface area contributed by atoms with Crippen LogP contribution in [0.4, 0.5) is 5.82 Å². The van der Waals surface area contributed by atoms with E-state index in [1.165, 1.54) is 32.1 Å². The van der Waals surface area contributed by atoms with Crippen molar-refractivity contribution in [1.29, 1.82) is 0 Å². The highest BCUT2D eigenvalue weighted by molar-refractivity contribution is 6.32. The number of carbonyl (C=O) groups excluding carboxylic acids is 1. The second-order valence-corrected chi connectivity index (χ2v) is 5.54. The van der Waals surface area contributed by atoms with Crippen LogP contribution in [0.15, 0.2) is 6.33 Å². The first-order chi connectivity index (χ1) is 9.29. The first-order valence-electron chi connectivity index (χ1n) is 6.76. The summed E-state index contributed by atoms with van der Waals surface area (Å²) in [7, 11) is 0. The molecule has 19 heavy (non-hydrogen) atoms. The minimum atomic E-state index is 0.214. The molecule has 6 heteroatoms. The second-order valence-electron chi connectivity index (χ2n) is 5.18. The van der Waals surface area contributed by atoms with Crippen LogP contribution in [-0.4, -0.2) is 46.3 Å². The molecule has 0 saturated carbocycles. The van der Waals surface area contributed by atoms with E-state index in [4.69, 9.17) is 11.6 Å². The van der Waals surface area contributed by atoms with Crippen molar-refractivity contribution in [2.24, 2.45) is 0 Å². The van der Waals surface area contributed by atoms with Crippen LogP contribution in [0.25, 0.3) is 0 Å². The van der Waals surface area contributed by atoms with E-state index in [2.05, 4.69) is 20.2 Å². The molecule has 2 unspecified atom stereocenters. The molecule has 2 aliphatic heterocycles. The summed E-state index contributed by atoms with van der Waals surface area (Å²) < 4.78 is 0. The molecule has 0 bridgehead atoms. The van der Waals surface area contributed by atoms with Gasteiger partial charge in [-0.25, -0.2) is 9.97 Å². The molecule has 1 aromatic rings. The topological polar surface area (TPSA) is 58.1 Å². The van der Waals surface area contributed by atoms with E-state index in [0.717, 1.165) is 19.3 Å². The zero-order chi connectivity index (χ0) is 13.2. The average molecular weight is 281 g/mol. The first kappa shape index (κ1) is 12.8. The summed E-state index contributed by atoms with van der Waals surface area (Å²) >= 11 is 5.92. The number of nitrogens with zero attached hydrogens (tertiary/aromatic N) is 3. The van der Waals surface area contributed by atoms with Crippen molar-refractivity contribution < 1.29 is 4.79 Å². The minimum absolute atomic E-state index is 0.214. The summed E-state index contributed by atoms with van der Waals surface area (Å²) in [4.78, 5) is 21.6. The smallest absolute Gasteiger partial charge is 0.156 e. The van der Waals surface area contributed by atoms with Crippen LogP contribution in [0, 0.1) is 0 Å². The van der Waals surface area contributed by atoms with Crippen molar-refractivity contribution in [3.8, 4) is 0 Å². The van der Waals surface area contributed by atoms with Gasteiger partial charge in [0.15, 0.2) is 6.29 Å². The quantitative estimate of drug-likeness (QED) is 0.678. The Kier molecular flexibility index (Phi) is 3.66. The molecule has 102 valence electrons.